The smallest absolute Gasteiger partial charge is 0.153 e. The lowest BCUT2D eigenvalue weighted by Crippen LogP contribution is -2.35. The third-order valence-electron chi connectivity index (χ3n) is 4.60. The summed E-state index contributed by atoms with van der Waals surface area (Å²) >= 11 is 0. The van der Waals surface area contributed by atoms with Crippen LogP contribution in [0.25, 0.3) is 0 Å². The van der Waals surface area contributed by atoms with Crippen LogP contribution in [0.4, 0.5) is 11.5 Å². The fraction of sp³-hybridized carbons (Fsp3) is 0.600. The van der Waals surface area contributed by atoms with E-state index in [1.54, 1.807) is 12.3 Å². The van der Waals surface area contributed by atoms with E-state index < -0.39 is 0 Å². The summed E-state index contributed by atoms with van der Waals surface area (Å²) < 4.78 is 0. The molecule has 2 heterocycles. The predicted octanol–water partition coefficient (Wildman–Crippen LogP) is 2.69. The molecule has 0 spiro atoms. The molecule has 1 saturated heterocycles. The lowest BCUT2D eigenvalue weighted by atomic mass is 9.96. The van der Waals surface area contributed by atoms with Crippen molar-refractivity contribution in [2.45, 2.75) is 44.6 Å². The van der Waals surface area contributed by atoms with E-state index in [9.17, 15) is 0 Å². The van der Waals surface area contributed by atoms with Crippen LogP contribution in [0.5, 0.6) is 0 Å². The molecule has 2 N–H and O–H groups in total. The van der Waals surface area contributed by atoms with Gasteiger partial charge < -0.3 is 10.6 Å². The van der Waals surface area contributed by atoms with Gasteiger partial charge in [-0.15, -0.1) is 0 Å². The van der Waals surface area contributed by atoms with Crippen LogP contribution in [0.15, 0.2) is 12.3 Å². The molecule has 1 aliphatic heterocycles. The average molecular weight is 256 g/mol. The van der Waals surface area contributed by atoms with Gasteiger partial charge in [-0.2, -0.15) is 5.26 Å². The molecule has 100 valence electrons. The summed E-state index contributed by atoms with van der Waals surface area (Å²) in [5.41, 5.74) is 7.20. The van der Waals surface area contributed by atoms with Crippen LogP contribution in [0, 0.1) is 17.2 Å². The number of hydrogen-bond acceptors (Lipinski definition) is 4. The molecular weight excluding hydrogens is 236 g/mol. The Morgan fingerprint density at radius 2 is 2.05 bits per heavy atom. The monoisotopic (exact) mass is 256 g/mol. The van der Waals surface area contributed by atoms with Gasteiger partial charge in [0, 0.05) is 18.8 Å². The highest BCUT2D eigenvalue weighted by Crippen LogP contribution is 2.39. The molecule has 1 aromatic rings. The molecule has 2 aliphatic rings. The molecule has 1 atom stereocenters. The van der Waals surface area contributed by atoms with Crippen molar-refractivity contribution in [2.75, 3.05) is 17.2 Å². The number of nitrogens with two attached hydrogens (primary N) is 1. The van der Waals surface area contributed by atoms with Crippen molar-refractivity contribution in [3.05, 3.63) is 17.8 Å². The first-order valence-electron chi connectivity index (χ1n) is 7.22. The largest absolute Gasteiger partial charge is 0.395 e. The molecule has 0 aromatic carbocycles. The van der Waals surface area contributed by atoms with E-state index in [0.29, 0.717) is 17.3 Å². The van der Waals surface area contributed by atoms with Gasteiger partial charge in [0.05, 0.1) is 11.3 Å². The second-order valence-corrected chi connectivity index (χ2v) is 5.66. The van der Waals surface area contributed by atoms with Crippen molar-refractivity contribution in [2.24, 2.45) is 5.92 Å². The molecule has 3 rings (SSSR count). The molecule has 1 unspecified atom stereocenters. The second kappa shape index (κ2) is 5.08. The number of aromatic nitrogens is 1. The highest BCUT2D eigenvalue weighted by Gasteiger charge is 2.34. The fourth-order valence-electron chi connectivity index (χ4n) is 3.68. The van der Waals surface area contributed by atoms with Crippen LogP contribution in [0.1, 0.15) is 44.1 Å². The maximum absolute atomic E-state index is 9.09. The lowest BCUT2D eigenvalue weighted by molar-refractivity contribution is 0.429. The second-order valence-electron chi connectivity index (χ2n) is 5.66. The Balaban J connectivity index is 1.90. The molecule has 1 aliphatic carbocycles. The Labute approximate surface area is 114 Å². The topological polar surface area (TPSA) is 65.9 Å². The van der Waals surface area contributed by atoms with Gasteiger partial charge in [-0.25, -0.2) is 4.98 Å². The summed E-state index contributed by atoms with van der Waals surface area (Å²) in [5, 5.41) is 9.09. The Morgan fingerprint density at radius 1 is 1.26 bits per heavy atom. The van der Waals surface area contributed by atoms with Gasteiger partial charge >= 0.3 is 0 Å². The Kier molecular flexibility index (Phi) is 3.29. The fourth-order valence-corrected chi connectivity index (χ4v) is 3.68. The van der Waals surface area contributed by atoms with E-state index >= 15 is 0 Å². The van der Waals surface area contributed by atoms with Crippen LogP contribution in [0.3, 0.4) is 0 Å². The first-order valence-corrected chi connectivity index (χ1v) is 7.22. The number of hydrogen-bond donors (Lipinski definition) is 1. The third kappa shape index (κ3) is 2.14. The van der Waals surface area contributed by atoms with Gasteiger partial charge in [0.15, 0.2) is 5.82 Å². The molecule has 0 amide bonds. The predicted molar refractivity (Wildman–Crippen MR) is 75.7 cm³/mol. The summed E-state index contributed by atoms with van der Waals surface area (Å²) in [4.78, 5) is 6.79. The first kappa shape index (κ1) is 12.3. The summed E-state index contributed by atoms with van der Waals surface area (Å²) in [6.45, 7) is 1.02. The molecule has 1 saturated carbocycles. The van der Waals surface area contributed by atoms with Crippen LogP contribution < -0.4 is 10.6 Å². The van der Waals surface area contributed by atoms with Crippen LogP contribution >= 0.6 is 0 Å². The molecule has 2 fully saturated rings. The van der Waals surface area contributed by atoms with Crippen molar-refractivity contribution >= 4 is 11.5 Å². The minimum Gasteiger partial charge on any atom is -0.395 e. The lowest BCUT2D eigenvalue weighted by Gasteiger charge is -2.31. The zero-order valence-corrected chi connectivity index (χ0v) is 11.2. The highest BCUT2D eigenvalue weighted by molar-refractivity contribution is 5.70. The number of anilines is 2. The molecule has 4 nitrogen and oxygen atoms in total. The normalized spacial score (nSPS) is 23.7. The van der Waals surface area contributed by atoms with E-state index in [0.717, 1.165) is 18.3 Å². The van der Waals surface area contributed by atoms with Gasteiger partial charge in [0.25, 0.3) is 0 Å². The van der Waals surface area contributed by atoms with Gasteiger partial charge in [-0.1, -0.05) is 12.8 Å². The molecule has 4 heteroatoms. The standard InChI is InChI=1S/C15H20N4/c16-10-12-7-8-18-15(14(12)17)19-9-3-6-13(19)11-4-1-2-5-11/h7-8,11,13H,1-6,9,17H2. The van der Waals surface area contributed by atoms with Crippen molar-refractivity contribution in [3.8, 4) is 6.07 Å². The molecular formula is C15H20N4. The third-order valence-corrected chi connectivity index (χ3v) is 4.60. The Morgan fingerprint density at radius 3 is 2.79 bits per heavy atom. The number of nitriles is 1. The van der Waals surface area contributed by atoms with Crippen LogP contribution in [-0.2, 0) is 0 Å². The van der Waals surface area contributed by atoms with Crippen molar-refractivity contribution < 1.29 is 0 Å². The van der Waals surface area contributed by atoms with Crippen molar-refractivity contribution in [3.63, 3.8) is 0 Å². The van der Waals surface area contributed by atoms with Crippen molar-refractivity contribution in [1.82, 2.24) is 4.98 Å². The quantitative estimate of drug-likeness (QED) is 0.883. The highest BCUT2D eigenvalue weighted by atomic mass is 15.2. The van der Waals surface area contributed by atoms with E-state index in [-0.39, 0.29) is 0 Å². The average Bonchev–Trinajstić information content (AvgIpc) is 3.09. The minimum atomic E-state index is 0.544. The van der Waals surface area contributed by atoms with Crippen molar-refractivity contribution in [1.29, 1.82) is 5.26 Å². The minimum absolute atomic E-state index is 0.544. The summed E-state index contributed by atoms with van der Waals surface area (Å²) in [7, 11) is 0. The Bertz CT molecular complexity index is 499. The van der Waals surface area contributed by atoms with E-state index in [1.165, 1.54) is 38.5 Å². The number of pyridine rings is 1. The van der Waals surface area contributed by atoms with Crippen LogP contribution in [-0.4, -0.2) is 17.6 Å². The molecule has 1 aromatic heterocycles. The maximum Gasteiger partial charge on any atom is 0.153 e. The zero-order valence-electron chi connectivity index (χ0n) is 11.2. The number of nitrogens with zero attached hydrogens (tertiary/aromatic N) is 3. The summed E-state index contributed by atoms with van der Waals surface area (Å²) in [6, 6.07) is 4.42. The molecule has 0 radical (unpaired) electrons. The maximum atomic E-state index is 9.09. The number of nitrogen functional groups attached to an aromatic ring is 1. The Hall–Kier alpha value is -1.76. The summed E-state index contributed by atoms with van der Waals surface area (Å²) in [6.07, 6.45) is 9.53. The molecule has 19 heavy (non-hydrogen) atoms. The van der Waals surface area contributed by atoms with Gasteiger partial charge in [0.2, 0.25) is 0 Å². The SMILES string of the molecule is N#Cc1ccnc(N2CCCC2C2CCCC2)c1N. The van der Waals surface area contributed by atoms with Crippen LogP contribution in [0.2, 0.25) is 0 Å². The van der Waals surface area contributed by atoms with Gasteiger partial charge in [-0.05, 0) is 37.7 Å². The molecule has 0 bridgehead atoms. The van der Waals surface area contributed by atoms with E-state index in [2.05, 4.69) is 16.0 Å². The van der Waals surface area contributed by atoms with E-state index in [4.69, 9.17) is 11.0 Å². The zero-order chi connectivity index (χ0) is 13.2. The summed E-state index contributed by atoms with van der Waals surface area (Å²) in [5.74, 6) is 1.61. The first-order chi connectivity index (χ1) is 9.31. The van der Waals surface area contributed by atoms with E-state index in [1.807, 2.05) is 0 Å². The van der Waals surface area contributed by atoms with Gasteiger partial charge in [-0.3, -0.25) is 0 Å². The number of rotatable bonds is 2. The van der Waals surface area contributed by atoms with Gasteiger partial charge in [0.1, 0.15) is 6.07 Å².